The van der Waals surface area contributed by atoms with Gasteiger partial charge in [0.25, 0.3) is 0 Å². The summed E-state index contributed by atoms with van der Waals surface area (Å²) in [6, 6.07) is 0. The van der Waals surface area contributed by atoms with Gasteiger partial charge < -0.3 is 19.5 Å². The average molecular weight is 449 g/mol. The highest BCUT2D eigenvalue weighted by atomic mass is 127. The summed E-state index contributed by atoms with van der Waals surface area (Å²) in [7, 11) is 3.78. The van der Waals surface area contributed by atoms with E-state index in [1.54, 1.807) is 6.33 Å². The lowest BCUT2D eigenvalue weighted by Crippen LogP contribution is -2.53. The molecular formula is C15H28IN7O. The summed E-state index contributed by atoms with van der Waals surface area (Å²) >= 11 is 0. The van der Waals surface area contributed by atoms with Crippen molar-refractivity contribution in [2.45, 2.75) is 13.0 Å². The lowest BCUT2D eigenvalue weighted by Gasteiger charge is -2.37. The molecule has 8 nitrogen and oxygen atoms in total. The second-order valence-electron chi connectivity index (χ2n) is 6.28. The number of aliphatic imine (C=N–C) groups is 1. The van der Waals surface area contributed by atoms with Crippen LogP contribution in [0, 0.1) is 5.92 Å². The number of ether oxygens (including phenoxy) is 1. The first-order valence-corrected chi connectivity index (χ1v) is 8.35. The van der Waals surface area contributed by atoms with Crippen LogP contribution in [0.4, 0.5) is 0 Å². The molecule has 1 unspecified atom stereocenters. The van der Waals surface area contributed by atoms with Crippen LogP contribution >= 0.6 is 24.0 Å². The van der Waals surface area contributed by atoms with Crippen LogP contribution in [0.2, 0.25) is 0 Å². The number of aryl methyl sites for hydroxylation is 1. The average Bonchev–Trinajstić information content (AvgIpc) is 3.21. The Bertz CT molecular complexity index is 522. The van der Waals surface area contributed by atoms with Crippen LogP contribution in [0.5, 0.6) is 0 Å². The number of rotatable bonds is 4. The number of nitrogens with one attached hydrogen (secondary N) is 1. The smallest absolute Gasteiger partial charge is 0.194 e. The van der Waals surface area contributed by atoms with Crippen LogP contribution in [-0.2, 0) is 18.3 Å². The zero-order valence-electron chi connectivity index (χ0n) is 14.5. The lowest BCUT2D eigenvalue weighted by molar-refractivity contribution is 0.139. The number of hydrogen-bond donors (Lipinski definition) is 1. The molecule has 1 aromatic rings. The summed E-state index contributed by atoms with van der Waals surface area (Å²) in [5, 5.41) is 11.4. The molecule has 0 spiro atoms. The Labute approximate surface area is 160 Å². The van der Waals surface area contributed by atoms with Crippen molar-refractivity contribution in [2.24, 2.45) is 18.0 Å². The van der Waals surface area contributed by atoms with E-state index in [1.807, 2.05) is 18.7 Å². The highest BCUT2D eigenvalue weighted by Gasteiger charge is 2.24. The number of guanidine groups is 1. The van der Waals surface area contributed by atoms with Crippen LogP contribution in [0.15, 0.2) is 11.3 Å². The molecule has 0 aromatic carbocycles. The van der Waals surface area contributed by atoms with E-state index in [0.29, 0.717) is 6.54 Å². The van der Waals surface area contributed by atoms with E-state index in [4.69, 9.17) is 4.74 Å². The van der Waals surface area contributed by atoms with E-state index >= 15 is 0 Å². The second kappa shape index (κ2) is 9.52. The van der Waals surface area contributed by atoms with E-state index < -0.39 is 0 Å². The standard InChI is InChI=1S/C15H27N7O.HI/c1-16-15(17-9-14-19-18-12-20(14)2)22-6-4-21(5-7-22)10-13-3-8-23-11-13;/h12-13H,3-11H2,1-2H3,(H,16,17);1H. The van der Waals surface area contributed by atoms with Gasteiger partial charge in [-0.2, -0.15) is 0 Å². The van der Waals surface area contributed by atoms with E-state index in [-0.39, 0.29) is 24.0 Å². The Kier molecular flexibility index (Phi) is 7.69. The van der Waals surface area contributed by atoms with Gasteiger partial charge in [-0.05, 0) is 12.3 Å². The maximum atomic E-state index is 5.47. The summed E-state index contributed by atoms with van der Waals surface area (Å²) in [6.45, 7) is 7.85. The zero-order valence-corrected chi connectivity index (χ0v) is 16.8. The quantitative estimate of drug-likeness (QED) is 0.402. The largest absolute Gasteiger partial charge is 0.381 e. The maximum absolute atomic E-state index is 5.47. The fourth-order valence-corrected chi connectivity index (χ4v) is 3.19. The minimum atomic E-state index is 0. The van der Waals surface area contributed by atoms with Gasteiger partial charge in [0.15, 0.2) is 11.8 Å². The van der Waals surface area contributed by atoms with Crippen molar-refractivity contribution in [1.82, 2.24) is 29.9 Å². The van der Waals surface area contributed by atoms with Crippen molar-refractivity contribution >= 4 is 29.9 Å². The van der Waals surface area contributed by atoms with Gasteiger partial charge in [-0.3, -0.25) is 9.89 Å². The zero-order chi connectivity index (χ0) is 16.1. The molecule has 0 saturated carbocycles. The van der Waals surface area contributed by atoms with Crippen molar-refractivity contribution in [2.75, 3.05) is 53.0 Å². The first-order valence-electron chi connectivity index (χ1n) is 8.35. The first-order chi connectivity index (χ1) is 11.3. The van der Waals surface area contributed by atoms with Gasteiger partial charge in [-0.1, -0.05) is 0 Å². The molecule has 1 atom stereocenters. The van der Waals surface area contributed by atoms with E-state index in [1.165, 1.54) is 13.0 Å². The van der Waals surface area contributed by atoms with Crippen molar-refractivity contribution in [1.29, 1.82) is 0 Å². The molecule has 0 radical (unpaired) electrons. The normalized spacial score (nSPS) is 22.5. The Morgan fingerprint density at radius 2 is 2.17 bits per heavy atom. The topological polar surface area (TPSA) is 70.8 Å². The monoisotopic (exact) mass is 449 g/mol. The molecule has 1 aromatic heterocycles. The highest BCUT2D eigenvalue weighted by Crippen LogP contribution is 2.15. The SMILES string of the molecule is CN=C(NCc1nncn1C)N1CCN(CC2CCOC2)CC1.I. The number of aromatic nitrogens is 3. The van der Waals surface area contributed by atoms with Crippen molar-refractivity contribution < 1.29 is 4.74 Å². The molecule has 2 fully saturated rings. The van der Waals surface area contributed by atoms with E-state index in [2.05, 4.69) is 30.3 Å². The Morgan fingerprint density at radius 3 is 2.75 bits per heavy atom. The molecule has 0 aliphatic carbocycles. The molecule has 1 N–H and O–H groups in total. The van der Waals surface area contributed by atoms with Crippen molar-refractivity contribution in [3.8, 4) is 0 Å². The number of halogens is 1. The van der Waals surface area contributed by atoms with E-state index in [9.17, 15) is 0 Å². The lowest BCUT2D eigenvalue weighted by atomic mass is 10.1. The molecular weight excluding hydrogens is 421 g/mol. The minimum absolute atomic E-state index is 0. The molecule has 0 amide bonds. The maximum Gasteiger partial charge on any atom is 0.194 e. The summed E-state index contributed by atoms with van der Waals surface area (Å²) in [6.07, 6.45) is 2.92. The molecule has 2 aliphatic heterocycles. The third-order valence-corrected chi connectivity index (χ3v) is 4.63. The predicted molar refractivity (Wildman–Crippen MR) is 104 cm³/mol. The van der Waals surface area contributed by atoms with Gasteiger partial charge in [-0.15, -0.1) is 34.2 Å². The fraction of sp³-hybridized carbons (Fsp3) is 0.800. The molecule has 24 heavy (non-hydrogen) atoms. The fourth-order valence-electron chi connectivity index (χ4n) is 3.19. The number of nitrogens with zero attached hydrogens (tertiary/aromatic N) is 6. The molecule has 9 heteroatoms. The van der Waals surface area contributed by atoms with Crippen LogP contribution < -0.4 is 5.32 Å². The molecule has 2 saturated heterocycles. The van der Waals surface area contributed by atoms with Crippen LogP contribution in [0.3, 0.4) is 0 Å². The number of piperazine rings is 1. The molecule has 136 valence electrons. The van der Waals surface area contributed by atoms with Crippen LogP contribution in [-0.4, -0.2) is 83.5 Å². The summed E-state index contributed by atoms with van der Waals surface area (Å²) in [5.74, 6) is 2.57. The van der Waals surface area contributed by atoms with Gasteiger partial charge >= 0.3 is 0 Å². The van der Waals surface area contributed by atoms with Gasteiger partial charge in [-0.25, -0.2) is 0 Å². The Hall–Kier alpha value is -0.940. The molecule has 3 rings (SSSR count). The predicted octanol–water partition coefficient (Wildman–Crippen LogP) is 0.163. The molecule has 3 heterocycles. The summed E-state index contributed by atoms with van der Waals surface area (Å²) in [5.41, 5.74) is 0. The van der Waals surface area contributed by atoms with Gasteiger partial charge in [0.2, 0.25) is 0 Å². The number of hydrogen-bond acceptors (Lipinski definition) is 5. The Morgan fingerprint density at radius 1 is 1.38 bits per heavy atom. The molecule has 0 bridgehead atoms. The first kappa shape index (κ1) is 19.4. The van der Waals surface area contributed by atoms with Crippen molar-refractivity contribution in [3.63, 3.8) is 0 Å². The second-order valence-corrected chi connectivity index (χ2v) is 6.28. The van der Waals surface area contributed by atoms with Gasteiger partial charge in [0.05, 0.1) is 13.2 Å². The van der Waals surface area contributed by atoms with Gasteiger partial charge in [0.1, 0.15) is 6.33 Å². The molecule has 2 aliphatic rings. The summed E-state index contributed by atoms with van der Waals surface area (Å²) in [4.78, 5) is 9.27. The third kappa shape index (κ3) is 5.03. The van der Waals surface area contributed by atoms with Gasteiger partial charge in [0, 0.05) is 53.4 Å². The van der Waals surface area contributed by atoms with Crippen LogP contribution in [0.25, 0.3) is 0 Å². The third-order valence-electron chi connectivity index (χ3n) is 4.63. The minimum Gasteiger partial charge on any atom is -0.381 e. The van der Waals surface area contributed by atoms with Crippen molar-refractivity contribution in [3.05, 3.63) is 12.2 Å². The van der Waals surface area contributed by atoms with E-state index in [0.717, 1.165) is 57.1 Å². The Balaban J connectivity index is 0.00000208. The highest BCUT2D eigenvalue weighted by molar-refractivity contribution is 14.0. The van der Waals surface area contributed by atoms with Crippen LogP contribution in [0.1, 0.15) is 12.2 Å². The summed E-state index contributed by atoms with van der Waals surface area (Å²) < 4.78 is 7.39.